The maximum atomic E-state index is 4.42. The third kappa shape index (κ3) is 2.48. The Morgan fingerprint density at radius 2 is 2.38 bits per heavy atom. The van der Waals surface area contributed by atoms with Crippen LogP contribution in [-0.4, -0.2) is 14.8 Å². The normalized spacial score (nSPS) is 12.9. The summed E-state index contributed by atoms with van der Waals surface area (Å²) < 4.78 is 1.89. The van der Waals surface area contributed by atoms with Gasteiger partial charge < -0.3 is 5.32 Å². The van der Waals surface area contributed by atoms with Crippen molar-refractivity contribution < 1.29 is 0 Å². The maximum absolute atomic E-state index is 4.42. The van der Waals surface area contributed by atoms with E-state index in [0.29, 0.717) is 0 Å². The largest absolute Gasteiger partial charge is 0.303 e. The molecule has 0 aliphatic rings. The minimum atomic E-state index is 0.287. The van der Waals surface area contributed by atoms with E-state index in [1.807, 2.05) is 30.9 Å². The predicted molar refractivity (Wildman–Crippen MR) is 65.3 cm³/mol. The molecule has 86 valence electrons. The molecule has 4 nitrogen and oxygen atoms in total. The van der Waals surface area contributed by atoms with Gasteiger partial charge in [-0.25, -0.2) is 4.98 Å². The average molecular weight is 236 g/mol. The molecule has 0 fully saturated rings. The Morgan fingerprint density at radius 1 is 1.56 bits per heavy atom. The standard InChI is InChI=1S/C11H16N4S/c1-8(11-4-5-13-15(11)3)12-6-10-7-16-9(2)14-10/h4-5,7-8,12H,6H2,1-3H3. The molecule has 1 unspecified atom stereocenters. The number of thiazole rings is 1. The molecule has 0 aromatic carbocycles. The molecule has 16 heavy (non-hydrogen) atoms. The highest BCUT2D eigenvalue weighted by molar-refractivity contribution is 7.09. The molecule has 0 aliphatic carbocycles. The Morgan fingerprint density at radius 3 is 2.94 bits per heavy atom. The molecular formula is C11H16N4S. The van der Waals surface area contributed by atoms with Crippen LogP contribution in [0.1, 0.15) is 29.4 Å². The zero-order valence-corrected chi connectivity index (χ0v) is 10.6. The molecule has 5 heteroatoms. The van der Waals surface area contributed by atoms with Crippen molar-refractivity contribution in [3.63, 3.8) is 0 Å². The summed E-state index contributed by atoms with van der Waals surface area (Å²) in [5, 5.41) is 10.8. The van der Waals surface area contributed by atoms with E-state index in [0.717, 1.165) is 17.2 Å². The lowest BCUT2D eigenvalue weighted by Crippen LogP contribution is -2.20. The minimum absolute atomic E-state index is 0.287. The van der Waals surface area contributed by atoms with Crippen LogP contribution in [0.15, 0.2) is 17.6 Å². The molecule has 2 aromatic rings. The van der Waals surface area contributed by atoms with Crippen molar-refractivity contribution in [2.24, 2.45) is 7.05 Å². The van der Waals surface area contributed by atoms with Crippen LogP contribution in [0.2, 0.25) is 0 Å². The summed E-state index contributed by atoms with van der Waals surface area (Å²) in [6.07, 6.45) is 1.82. The topological polar surface area (TPSA) is 42.7 Å². The first-order valence-corrected chi connectivity index (χ1v) is 6.17. The molecular weight excluding hydrogens is 220 g/mol. The van der Waals surface area contributed by atoms with E-state index >= 15 is 0 Å². The van der Waals surface area contributed by atoms with Gasteiger partial charge in [-0.1, -0.05) is 0 Å². The van der Waals surface area contributed by atoms with Gasteiger partial charge in [0.15, 0.2) is 0 Å². The van der Waals surface area contributed by atoms with Crippen molar-refractivity contribution in [2.75, 3.05) is 0 Å². The Hall–Kier alpha value is -1.20. The molecule has 2 aromatic heterocycles. The van der Waals surface area contributed by atoms with Crippen LogP contribution in [0.4, 0.5) is 0 Å². The van der Waals surface area contributed by atoms with Crippen molar-refractivity contribution in [3.05, 3.63) is 34.0 Å². The van der Waals surface area contributed by atoms with Gasteiger partial charge in [0.25, 0.3) is 0 Å². The minimum Gasteiger partial charge on any atom is -0.303 e. The number of hydrogen-bond acceptors (Lipinski definition) is 4. The number of rotatable bonds is 4. The van der Waals surface area contributed by atoms with E-state index in [-0.39, 0.29) is 6.04 Å². The molecule has 0 radical (unpaired) electrons. The zero-order valence-electron chi connectivity index (χ0n) is 9.77. The number of nitrogens with one attached hydrogen (secondary N) is 1. The molecule has 0 saturated carbocycles. The molecule has 2 rings (SSSR count). The number of aromatic nitrogens is 3. The first kappa shape index (κ1) is 11.3. The van der Waals surface area contributed by atoms with E-state index in [1.54, 1.807) is 11.3 Å². The molecule has 1 atom stereocenters. The Balaban J connectivity index is 1.93. The molecule has 2 heterocycles. The van der Waals surface area contributed by atoms with Gasteiger partial charge in [0, 0.05) is 31.2 Å². The highest BCUT2D eigenvalue weighted by atomic mass is 32.1. The van der Waals surface area contributed by atoms with E-state index in [9.17, 15) is 0 Å². The number of aryl methyl sites for hydroxylation is 2. The summed E-state index contributed by atoms with van der Waals surface area (Å²) in [4.78, 5) is 4.42. The molecule has 0 bridgehead atoms. The summed E-state index contributed by atoms with van der Waals surface area (Å²) >= 11 is 1.69. The summed E-state index contributed by atoms with van der Waals surface area (Å²) in [7, 11) is 1.96. The molecule has 0 saturated heterocycles. The van der Waals surface area contributed by atoms with Gasteiger partial charge in [0.05, 0.1) is 16.4 Å². The fourth-order valence-corrected chi connectivity index (χ4v) is 2.27. The lowest BCUT2D eigenvalue weighted by atomic mass is 10.2. The van der Waals surface area contributed by atoms with E-state index in [1.165, 1.54) is 5.69 Å². The van der Waals surface area contributed by atoms with E-state index < -0.39 is 0 Å². The second-order valence-corrected chi connectivity index (χ2v) is 4.90. The van der Waals surface area contributed by atoms with Gasteiger partial charge in [0.2, 0.25) is 0 Å². The Bertz CT molecular complexity index is 460. The van der Waals surface area contributed by atoms with Crippen molar-refractivity contribution in [1.82, 2.24) is 20.1 Å². The smallest absolute Gasteiger partial charge is 0.0897 e. The maximum Gasteiger partial charge on any atom is 0.0897 e. The van der Waals surface area contributed by atoms with Crippen LogP contribution >= 0.6 is 11.3 Å². The lowest BCUT2D eigenvalue weighted by Gasteiger charge is -2.12. The van der Waals surface area contributed by atoms with Crippen LogP contribution in [-0.2, 0) is 13.6 Å². The second kappa shape index (κ2) is 4.76. The van der Waals surface area contributed by atoms with E-state index in [4.69, 9.17) is 0 Å². The first-order valence-electron chi connectivity index (χ1n) is 5.29. The van der Waals surface area contributed by atoms with Crippen LogP contribution in [0.5, 0.6) is 0 Å². The van der Waals surface area contributed by atoms with Gasteiger partial charge in [-0.15, -0.1) is 11.3 Å². The van der Waals surface area contributed by atoms with Crippen LogP contribution in [0, 0.1) is 6.92 Å². The Labute approximate surface area is 99.3 Å². The monoisotopic (exact) mass is 236 g/mol. The third-order valence-corrected chi connectivity index (χ3v) is 3.38. The second-order valence-electron chi connectivity index (χ2n) is 3.84. The average Bonchev–Trinajstić information content (AvgIpc) is 2.84. The van der Waals surface area contributed by atoms with Gasteiger partial charge in [-0.2, -0.15) is 5.10 Å². The molecule has 0 aliphatic heterocycles. The zero-order chi connectivity index (χ0) is 11.5. The third-order valence-electron chi connectivity index (χ3n) is 2.56. The molecule has 0 amide bonds. The van der Waals surface area contributed by atoms with Crippen molar-refractivity contribution in [3.8, 4) is 0 Å². The van der Waals surface area contributed by atoms with E-state index in [2.05, 4.69) is 27.7 Å². The predicted octanol–water partition coefficient (Wildman–Crippen LogP) is 2.04. The fourth-order valence-electron chi connectivity index (χ4n) is 1.66. The van der Waals surface area contributed by atoms with Crippen molar-refractivity contribution in [1.29, 1.82) is 0 Å². The summed E-state index contributed by atoms with van der Waals surface area (Å²) in [6.45, 7) is 4.96. The van der Waals surface area contributed by atoms with Crippen molar-refractivity contribution in [2.45, 2.75) is 26.4 Å². The van der Waals surface area contributed by atoms with Gasteiger partial charge in [-0.05, 0) is 19.9 Å². The van der Waals surface area contributed by atoms with Crippen LogP contribution in [0.25, 0.3) is 0 Å². The van der Waals surface area contributed by atoms with Crippen molar-refractivity contribution >= 4 is 11.3 Å². The SMILES string of the molecule is Cc1nc(CNC(C)c2ccnn2C)cs1. The summed E-state index contributed by atoms with van der Waals surface area (Å²) in [5.74, 6) is 0. The fraction of sp³-hybridized carbons (Fsp3) is 0.455. The lowest BCUT2D eigenvalue weighted by molar-refractivity contribution is 0.526. The number of hydrogen-bond donors (Lipinski definition) is 1. The summed E-state index contributed by atoms with van der Waals surface area (Å²) in [5.41, 5.74) is 2.29. The highest BCUT2D eigenvalue weighted by Crippen LogP contribution is 2.12. The van der Waals surface area contributed by atoms with Gasteiger partial charge in [0.1, 0.15) is 0 Å². The molecule has 1 N–H and O–H groups in total. The Kier molecular flexibility index (Phi) is 3.36. The first-order chi connectivity index (χ1) is 7.66. The highest BCUT2D eigenvalue weighted by Gasteiger charge is 2.09. The quantitative estimate of drug-likeness (QED) is 0.883. The van der Waals surface area contributed by atoms with Gasteiger partial charge in [-0.3, -0.25) is 4.68 Å². The summed E-state index contributed by atoms with van der Waals surface area (Å²) in [6, 6.07) is 2.32. The van der Waals surface area contributed by atoms with Crippen LogP contribution in [0.3, 0.4) is 0 Å². The van der Waals surface area contributed by atoms with Gasteiger partial charge >= 0.3 is 0 Å². The van der Waals surface area contributed by atoms with Crippen LogP contribution < -0.4 is 5.32 Å². The molecule has 0 spiro atoms. The number of nitrogens with zero attached hydrogens (tertiary/aromatic N) is 3.